The molecule has 1 heterocycles. The molecular weight excluding hydrogens is 408 g/mol. The Labute approximate surface area is 177 Å². The highest BCUT2D eigenvalue weighted by Crippen LogP contribution is 2.26. The summed E-state index contributed by atoms with van der Waals surface area (Å²) in [5.41, 5.74) is -0.243. The second kappa shape index (κ2) is 9.17. The van der Waals surface area contributed by atoms with Crippen molar-refractivity contribution >= 4 is 17.7 Å². The van der Waals surface area contributed by atoms with Crippen molar-refractivity contribution in [3.8, 4) is 17.2 Å². The number of thioether (sulfide) groups is 1. The van der Waals surface area contributed by atoms with E-state index in [1.165, 1.54) is 23.1 Å². The molecule has 3 aromatic rings. The zero-order valence-corrected chi connectivity index (χ0v) is 17.0. The lowest BCUT2D eigenvalue weighted by Gasteiger charge is -2.10. The molecule has 3 aromatic carbocycles. The van der Waals surface area contributed by atoms with Gasteiger partial charge < -0.3 is 14.2 Å². The fourth-order valence-corrected chi connectivity index (χ4v) is 3.32. The van der Waals surface area contributed by atoms with Crippen molar-refractivity contribution in [1.29, 1.82) is 0 Å². The van der Waals surface area contributed by atoms with Crippen LogP contribution < -0.4 is 9.47 Å². The van der Waals surface area contributed by atoms with Gasteiger partial charge in [0.2, 0.25) is 5.90 Å². The van der Waals surface area contributed by atoms with E-state index in [9.17, 15) is 8.78 Å². The molecular formula is C23H19F2NO3S. The van der Waals surface area contributed by atoms with Crippen LogP contribution in [-0.2, 0) is 4.74 Å². The summed E-state index contributed by atoms with van der Waals surface area (Å²) in [6.45, 7) is 0.437. The molecule has 0 saturated heterocycles. The normalized spacial score (nSPS) is 15.4. The average molecular weight is 427 g/mol. The van der Waals surface area contributed by atoms with Gasteiger partial charge in [-0.1, -0.05) is 6.07 Å². The largest absolute Gasteiger partial charge is 0.491 e. The van der Waals surface area contributed by atoms with Crippen molar-refractivity contribution in [1.82, 2.24) is 0 Å². The highest BCUT2D eigenvalue weighted by atomic mass is 32.2. The first-order valence-electron chi connectivity index (χ1n) is 9.32. The predicted octanol–water partition coefficient (Wildman–Crippen LogP) is 5.70. The maximum absolute atomic E-state index is 13.9. The summed E-state index contributed by atoms with van der Waals surface area (Å²) >= 11 is 1.67. The Morgan fingerprint density at radius 3 is 2.17 bits per heavy atom. The predicted molar refractivity (Wildman–Crippen MR) is 113 cm³/mol. The van der Waals surface area contributed by atoms with Crippen molar-refractivity contribution in [2.24, 2.45) is 4.99 Å². The minimum atomic E-state index is -0.700. The van der Waals surface area contributed by atoms with Crippen LogP contribution in [0.3, 0.4) is 0 Å². The van der Waals surface area contributed by atoms with E-state index in [2.05, 4.69) is 4.99 Å². The van der Waals surface area contributed by atoms with Crippen molar-refractivity contribution in [2.75, 3.05) is 19.5 Å². The van der Waals surface area contributed by atoms with Gasteiger partial charge in [0.1, 0.15) is 53.7 Å². The molecule has 1 atom stereocenters. The quantitative estimate of drug-likeness (QED) is 0.453. The summed E-state index contributed by atoms with van der Waals surface area (Å²) in [5.74, 6) is 0.657. The van der Waals surface area contributed by atoms with Gasteiger partial charge in [0.15, 0.2) is 0 Å². The fraction of sp³-hybridized carbons (Fsp3) is 0.174. The Morgan fingerprint density at radius 2 is 1.53 bits per heavy atom. The van der Waals surface area contributed by atoms with Gasteiger partial charge in [0.05, 0.1) is 0 Å². The molecule has 1 aliphatic rings. The third-order valence-corrected chi connectivity index (χ3v) is 5.19. The second-order valence-corrected chi connectivity index (χ2v) is 7.44. The molecule has 154 valence electrons. The third kappa shape index (κ3) is 4.74. The number of rotatable bonds is 7. The van der Waals surface area contributed by atoms with Crippen molar-refractivity contribution in [3.05, 3.63) is 83.9 Å². The summed E-state index contributed by atoms with van der Waals surface area (Å²) in [5, 5.41) is 0. The van der Waals surface area contributed by atoms with E-state index in [0.29, 0.717) is 11.5 Å². The molecule has 7 heteroatoms. The van der Waals surface area contributed by atoms with Gasteiger partial charge in [-0.15, -0.1) is 11.8 Å². The van der Waals surface area contributed by atoms with Gasteiger partial charge in [-0.3, -0.25) is 0 Å². The minimum Gasteiger partial charge on any atom is -0.491 e. The topological polar surface area (TPSA) is 40.0 Å². The molecule has 0 aromatic heterocycles. The maximum atomic E-state index is 13.9. The zero-order chi connectivity index (χ0) is 20.9. The molecule has 1 aliphatic heterocycles. The van der Waals surface area contributed by atoms with Crippen LogP contribution in [0.15, 0.2) is 76.6 Å². The Hall–Kier alpha value is -3.06. The molecule has 0 saturated carbocycles. The van der Waals surface area contributed by atoms with Crippen molar-refractivity contribution < 1.29 is 23.0 Å². The Kier molecular flexibility index (Phi) is 6.18. The van der Waals surface area contributed by atoms with Crippen LogP contribution in [-0.4, -0.2) is 31.4 Å². The molecule has 0 amide bonds. The number of hydrogen-bond donors (Lipinski definition) is 0. The number of halogens is 2. The van der Waals surface area contributed by atoms with Crippen LogP contribution in [0.25, 0.3) is 0 Å². The van der Waals surface area contributed by atoms with Gasteiger partial charge >= 0.3 is 0 Å². The molecule has 0 spiro atoms. The van der Waals surface area contributed by atoms with E-state index in [1.807, 2.05) is 42.7 Å². The van der Waals surface area contributed by atoms with E-state index >= 15 is 0 Å². The molecule has 0 N–H and O–H groups in total. The summed E-state index contributed by atoms with van der Waals surface area (Å²) in [7, 11) is 0. The molecule has 30 heavy (non-hydrogen) atoms. The van der Waals surface area contributed by atoms with Crippen molar-refractivity contribution in [3.63, 3.8) is 0 Å². The summed E-state index contributed by atoms with van der Waals surface area (Å²) in [4.78, 5) is 5.42. The summed E-state index contributed by atoms with van der Waals surface area (Å²) < 4.78 is 44.7. The van der Waals surface area contributed by atoms with Crippen LogP contribution in [0.4, 0.5) is 8.78 Å². The monoisotopic (exact) mass is 427 g/mol. The van der Waals surface area contributed by atoms with E-state index < -0.39 is 11.6 Å². The van der Waals surface area contributed by atoms with E-state index in [4.69, 9.17) is 14.2 Å². The Bertz CT molecular complexity index is 1020. The van der Waals surface area contributed by atoms with Gasteiger partial charge in [0.25, 0.3) is 0 Å². The Morgan fingerprint density at radius 1 is 0.933 bits per heavy atom. The van der Waals surface area contributed by atoms with Gasteiger partial charge in [0, 0.05) is 4.90 Å². The molecule has 1 unspecified atom stereocenters. The molecule has 4 nitrogen and oxygen atoms in total. The fourth-order valence-electron chi connectivity index (χ4n) is 2.92. The van der Waals surface area contributed by atoms with Crippen molar-refractivity contribution in [2.45, 2.75) is 10.9 Å². The van der Waals surface area contributed by atoms with Crippen LogP contribution in [0, 0.1) is 11.6 Å². The SMILES string of the molecule is CSc1ccc(Oc2ccc(OCC3COC(c4c(F)cccc4F)=N3)cc2)cc1. The third-order valence-electron chi connectivity index (χ3n) is 4.45. The summed E-state index contributed by atoms with van der Waals surface area (Å²) in [6.07, 6.45) is 2.02. The number of benzene rings is 3. The molecule has 0 fully saturated rings. The lowest BCUT2D eigenvalue weighted by molar-refractivity contribution is 0.242. The number of aliphatic imine (C=N–C) groups is 1. The average Bonchev–Trinajstić information content (AvgIpc) is 3.22. The lowest BCUT2D eigenvalue weighted by Crippen LogP contribution is -2.16. The first kappa shape index (κ1) is 20.2. The smallest absolute Gasteiger partial charge is 0.222 e. The van der Waals surface area contributed by atoms with E-state index in [0.717, 1.165) is 5.75 Å². The Balaban J connectivity index is 1.33. The molecule has 4 rings (SSSR count). The van der Waals surface area contributed by atoms with Gasteiger partial charge in [-0.05, 0) is 66.9 Å². The maximum Gasteiger partial charge on any atom is 0.222 e. The van der Waals surface area contributed by atoms with E-state index in [1.54, 1.807) is 23.9 Å². The first-order valence-corrected chi connectivity index (χ1v) is 10.5. The van der Waals surface area contributed by atoms with Crippen LogP contribution >= 0.6 is 11.8 Å². The molecule has 0 aliphatic carbocycles. The first-order chi connectivity index (χ1) is 14.6. The minimum absolute atomic E-state index is 0.0320. The van der Waals surface area contributed by atoms with Crippen LogP contribution in [0.2, 0.25) is 0 Å². The van der Waals surface area contributed by atoms with E-state index in [-0.39, 0.29) is 30.7 Å². The lowest BCUT2D eigenvalue weighted by atomic mass is 10.2. The molecule has 0 bridgehead atoms. The number of nitrogens with zero attached hydrogens (tertiary/aromatic N) is 1. The second-order valence-electron chi connectivity index (χ2n) is 6.56. The van der Waals surface area contributed by atoms with Gasteiger partial charge in [-0.2, -0.15) is 0 Å². The zero-order valence-electron chi connectivity index (χ0n) is 16.2. The highest BCUT2D eigenvalue weighted by Gasteiger charge is 2.25. The standard InChI is InChI=1S/C23H19F2NO3S/c1-30-19-11-9-18(10-12-19)29-17-7-5-16(6-8-17)27-13-15-14-28-23(26-15)22-20(24)3-2-4-21(22)25/h2-12,15H,13-14H2,1H3. The number of ether oxygens (including phenoxy) is 3. The highest BCUT2D eigenvalue weighted by molar-refractivity contribution is 7.98. The number of hydrogen-bond acceptors (Lipinski definition) is 5. The van der Waals surface area contributed by atoms with Crippen LogP contribution in [0.5, 0.6) is 17.2 Å². The summed E-state index contributed by atoms with van der Waals surface area (Å²) in [6, 6.07) is 18.4. The molecule has 0 radical (unpaired) electrons. The van der Waals surface area contributed by atoms with Crippen LogP contribution in [0.1, 0.15) is 5.56 Å². The van der Waals surface area contributed by atoms with Gasteiger partial charge in [-0.25, -0.2) is 13.8 Å².